The molecule has 29 heavy (non-hydrogen) atoms. The van der Waals surface area contributed by atoms with E-state index in [0.717, 1.165) is 18.7 Å². The zero-order valence-electron chi connectivity index (χ0n) is 18.1. The zero-order chi connectivity index (χ0) is 21.1. The molecule has 158 valence electrons. The summed E-state index contributed by atoms with van der Waals surface area (Å²) in [6, 6.07) is 7.93. The standard InChI is InChI=1S/C22H32N4O3/c1-15(2)17-8-10-19(11-9-17)29-14-20(27)25-12-6-7-18(13-25)21-23-24(5)22(28)26(21)16(3)4/h8-11,15-16,18H,6-7,12-14H2,1-5H3. The van der Waals surface area contributed by atoms with Gasteiger partial charge < -0.3 is 9.64 Å². The highest BCUT2D eigenvalue weighted by Gasteiger charge is 2.30. The molecule has 0 spiro atoms. The van der Waals surface area contributed by atoms with Crippen LogP contribution in [0.25, 0.3) is 0 Å². The van der Waals surface area contributed by atoms with Crippen molar-refractivity contribution in [2.45, 2.75) is 58.4 Å². The van der Waals surface area contributed by atoms with Crippen LogP contribution in [-0.2, 0) is 11.8 Å². The van der Waals surface area contributed by atoms with Crippen LogP contribution < -0.4 is 10.4 Å². The van der Waals surface area contributed by atoms with E-state index in [1.54, 1.807) is 11.6 Å². The average molecular weight is 401 g/mol. The first-order chi connectivity index (χ1) is 13.8. The summed E-state index contributed by atoms with van der Waals surface area (Å²) < 4.78 is 8.85. The van der Waals surface area contributed by atoms with Crippen LogP contribution in [0.3, 0.4) is 0 Å². The second kappa shape index (κ2) is 8.84. The molecule has 1 aromatic heterocycles. The quantitative estimate of drug-likeness (QED) is 0.747. The molecule has 1 amide bonds. The third kappa shape index (κ3) is 4.71. The van der Waals surface area contributed by atoms with Crippen molar-refractivity contribution >= 4 is 5.91 Å². The Balaban J connectivity index is 1.64. The van der Waals surface area contributed by atoms with E-state index in [2.05, 4.69) is 18.9 Å². The maximum atomic E-state index is 12.7. The first-order valence-electron chi connectivity index (χ1n) is 10.4. The summed E-state index contributed by atoms with van der Waals surface area (Å²) in [7, 11) is 1.68. The molecule has 3 rings (SSSR count). The van der Waals surface area contributed by atoms with Crippen molar-refractivity contribution < 1.29 is 9.53 Å². The molecule has 0 N–H and O–H groups in total. The van der Waals surface area contributed by atoms with E-state index in [1.165, 1.54) is 10.2 Å². The van der Waals surface area contributed by atoms with Gasteiger partial charge in [-0.05, 0) is 50.3 Å². The van der Waals surface area contributed by atoms with Crippen molar-refractivity contribution in [2.24, 2.45) is 7.05 Å². The van der Waals surface area contributed by atoms with Gasteiger partial charge in [0.1, 0.15) is 11.6 Å². The molecule has 1 unspecified atom stereocenters. The number of carbonyl (C=O) groups is 1. The van der Waals surface area contributed by atoms with Gasteiger partial charge in [0.25, 0.3) is 5.91 Å². The number of nitrogens with zero attached hydrogens (tertiary/aromatic N) is 4. The summed E-state index contributed by atoms with van der Waals surface area (Å²) >= 11 is 0. The molecule has 1 fully saturated rings. The highest BCUT2D eigenvalue weighted by atomic mass is 16.5. The summed E-state index contributed by atoms with van der Waals surface area (Å²) in [6.45, 7) is 9.56. The van der Waals surface area contributed by atoms with Crippen LogP contribution in [-0.4, -0.2) is 44.9 Å². The Morgan fingerprint density at radius 2 is 1.90 bits per heavy atom. The summed E-state index contributed by atoms with van der Waals surface area (Å²) in [5, 5.41) is 4.46. The lowest BCUT2D eigenvalue weighted by Crippen LogP contribution is -2.42. The van der Waals surface area contributed by atoms with Crippen molar-refractivity contribution in [3.05, 3.63) is 46.1 Å². The Morgan fingerprint density at radius 1 is 1.21 bits per heavy atom. The van der Waals surface area contributed by atoms with E-state index in [1.807, 2.05) is 43.0 Å². The molecule has 0 bridgehead atoms. The minimum atomic E-state index is -0.105. The van der Waals surface area contributed by atoms with Gasteiger partial charge in [-0.2, -0.15) is 5.10 Å². The number of aryl methyl sites for hydroxylation is 1. The average Bonchev–Trinajstić information content (AvgIpc) is 3.01. The monoisotopic (exact) mass is 400 g/mol. The van der Waals surface area contributed by atoms with E-state index < -0.39 is 0 Å². The Bertz CT molecular complexity index is 896. The second-order valence-corrected chi connectivity index (χ2v) is 8.42. The molecular weight excluding hydrogens is 368 g/mol. The Labute approximate surface area is 172 Å². The molecule has 7 nitrogen and oxygen atoms in total. The van der Waals surface area contributed by atoms with Gasteiger partial charge >= 0.3 is 5.69 Å². The minimum Gasteiger partial charge on any atom is -0.484 e. The normalized spacial score (nSPS) is 17.2. The van der Waals surface area contributed by atoms with E-state index in [9.17, 15) is 9.59 Å². The summed E-state index contributed by atoms with van der Waals surface area (Å²) in [6.07, 6.45) is 1.81. The number of benzene rings is 1. The first-order valence-corrected chi connectivity index (χ1v) is 10.4. The highest BCUT2D eigenvalue weighted by molar-refractivity contribution is 5.78. The van der Waals surface area contributed by atoms with Gasteiger partial charge in [0.05, 0.1) is 0 Å². The maximum absolute atomic E-state index is 12.7. The molecule has 2 aromatic rings. The maximum Gasteiger partial charge on any atom is 0.345 e. The SMILES string of the molecule is CC(C)c1ccc(OCC(=O)N2CCCC(c3nn(C)c(=O)n3C(C)C)C2)cc1. The number of likely N-dealkylation sites (tertiary alicyclic amines) is 1. The van der Waals surface area contributed by atoms with Crippen LogP contribution in [0, 0.1) is 0 Å². The van der Waals surface area contributed by atoms with Crippen LogP contribution in [0.15, 0.2) is 29.1 Å². The predicted octanol–water partition coefficient (Wildman–Crippen LogP) is 3.07. The molecule has 0 radical (unpaired) electrons. The van der Waals surface area contributed by atoms with Crippen molar-refractivity contribution in [3.63, 3.8) is 0 Å². The number of aromatic nitrogens is 3. The number of hydrogen-bond donors (Lipinski definition) is 0. The third-order valence-electron chi connectivity index (χ3n) is 5.55. The van der Waals surface area contributed by atoms with E-state index in [4.69, 9.17) is 4.74 Å². The van der Waals surface area contributed by atoms with Gasteiger partial charge in [-0.3, -0.25) is 9.36 Å². The second-order valence-electron chi connectivity index (χ2n) is 8.42. The number of hydrogen-bond acceptors (Lipinski definition) is 4. The van der Waals surface area contributed by atoms with Gasteiger partial charge in [0.15, 0.2) is 6.61 Å². The van der Waals surface area contributed by atoms with Crippen LogP contribution in [0.5, 0.6) is 5.75 Å². The highest BCUT2D eigenvalue weighted by Crippen LogP contribution is 2.26. The van der Waals surface area contributed by atoms with E-state index >= 15 is 0 Å². The molecule has 1 aromatic carbocycles. The molecule has 0 aliphatic carbocycles. The van der Waals surface area contributed by atoms with Crippen LogP contribution in [0.1, 0.15) is 69.8 Å². The third-order valence-corrected chi connectivity index (χ3v) is 5.55. The molecule has 1 atom stereocenters. The van der Waals surface area contributed by atoms with Gasteiger partial charge in [-0.1, -0.05) is 26.0 Å². The van der Waals surface area contributed by atoms with Crippen molar-refractivity contribution in [3.8, 4) is 5.75 Å². The topological polar surface area (TPSA) is 69.4 Å². The molecule has 1 saturated heterocycles. The van der Waals surface area contributed by atoms with Crippen molar-refractivity contribution in [1.29, 1.82) is 0 Å². The number of piperidine rings is 1. The van der Waals surface area contributed by atoms with Crippen molar-refractivity contribution in [1.82, 2.24) is 19.2 Å². The summed E-state index contributed by atoms with van der Waals surface area (Å²) in [4.78, 5) is 26.9. The van der Waals surface area contributed by atoms with Gasteiger partial charge in [0.2, 0.25) is 0 Å². The Kier molecular flexibility index (Phi) is 6.45. The van der Waals surface area contributed by atoms with Crippen LogP contribution >= 0.6 is 0 Å². The summed E-state index contributed by atoms with van der Waals surface area (Å²) in [5.41, 5.74) is 1.14. The van der Waals surface area contributed by atoms with Crippen molar-refractivity contribution in [2.75, 3.05) is 19.7 Å². The van der Waals surface area contributed by atoms with E-state index in [-0.39, 0.29) is 30.2 Å². The molecular formula is C22H32N4O3. The smallest absolute Gasteiger partial charge is 0.345 e. The fourth-order valence-corrected chi connectivity index (χ4v) is 3.86. The van der Waals surface area contributed by atoms with Gasteiger partial charge in [-0.15, -0.1) is 0 Å². The van der Waals surface area contributed by atoms with Crippen LogP contribution in [0.4, 0.5) is 0 Å². The number of carbonyl (C=O) groups excluding carboxylic acids is 1. The first kappa shape index (κ1) is 21.1. The Morgan fingerprint density at radius 3 is 2.52 bits per heavy atom. The largest absolute Gasteiger partial charge is 0.484 e. The van der Waals surface area contributed by atoms with Gasteiger partial charge in [-0.25, -0.2) is 9.48 Å². The lowest BCUT2D eigenvalue weighted by Gasteiger charge is -2.32. The summed E-state index contributed by atoms with van der Waals surface area (Å²) in [5.74, 6) is 1.97. The zero-order valence-corrected chi connectivity index (χ0v) is 18.1. The molecule has 1 aliphatic rings. The predicted molar refractivity (Wildman–Crippen MR) is 112 cm³/mol. The molecule has 1 aliphatic heterocycles. The van der Waals surface area contributed by atoms with Crippen LogP contribution in [0.2, 0.25) is 0 Å². The van der Waals surface area contributed by atoms with E-state index in [0.29, 0.717) is 24.8 Å². The number of rotatable bonds is 6. The lowest BCUT2D eigenvalue weighted by molar-refractivity contribution is -0.134. The fraction of sp³-hybridized carbons (Fsp3) is 0.591. The minimum absolute atomic E-state index is 0.0208. The molecule has 2 heterocycles. The molecule has 7 heteroatoms. The molecule has 0 saturated carbocycles. The van der Waals surface area contributed by atoms with Gasteiger partial charge in [0, 0.05) is 32.1 Å². The number of ether oxygens (including phenoxy) is 1. The number of amides is 1. The lowest BCUT2D eigenvalue weighted by atomic mass is 9.97. The Hall–Kier alpha value is -2.57. The fourth-order valence-electron chi connectivity index (χ4n) is 3.86.